The second-order valence-electron chi connectivity index (χ2n) is 17.5. The van der Waals surface area contributed by atoms with Crippen molar-refractivity contribution in [1.82, 2.24) is 0 Å². The van der Waals surface area contributed by atoms with Crippen LogP contribution in [0.2, 0.25) is 0 Å². The van der Waals surface area contributed by atoms with Crippen LogP contribution in [0.1, 0.15) is 245 Å². The molecule has 0 aliphatic rings. The highest BCUT2D eigenvalue weighted by molar-refractivity contribution is 5.71. The molecule has 6 heteroatoms. The van der Waals surface area contributed by atoms with Crippen LogP contribution in [0.3, 0.4) is 0 Å². The van der Waals surface area contributed by atoms with Gasteiger partial charge in [-0.15, -0.1) is 0 Å². The van der Waals surface area contributed by atoms with Gasteiger partial charge >= 0.3 is 17.9 Å². The quantitative estimate of drug-likeness (QED) is 0.0199. The molecule has 0 N–H and O–H groups in total. The van der Waals surface area contributed by atoms with E-state index in [0.717, 1.165) is 116 Å². The first-order valence-electron chi connectivity index (χ1n) is 26.6. The minimum Gasteiger partial charge on any atom is -0.462 e. The predicted octanol–water partition coefficient (Wildman–Crippen LogP) is 17.6. The number of hydrogen-bond acceptors (Lipinski definition) is 6. The molecule has 0 radical (unpaired) electrons. The molecule has 0 fully saturated rings. The molecule has 0 amide bonds. The van der Waals surface area contributed by atoms with Gasteiger partial charge in [-0.3, -0.25) is 14.4 Å². The number of hydrogen-bond donors (Lipinski definition) is 0. The fourth-order valence-electron chi connectivity index (χ4n) is 7.19. The summed E-state index contributed by atoms with van der Waals surface area (Å²) in [5.74, 6) is -0.941. The molecule has 0 heterocycles. The molecule has 0 aliphatic heterocycles. The van der Waals surface area contributed by atoms with Crippen molar-refractivity contribution >= 4 is 17.9 Å². The number of carbonyl (C=O) groups excluding carboxylic acids is 3. The van der Waals surface area contributed by atoms with Gasteiger partial charge in [-0.2, -0.15) is 0 Å². The van der Waals surface area contributed by atoms with E-state index in [1.165, 1.54) is 89.9 Å². The fourth-order valence-corrected chi connectivity index (χ4v) is 7.19. The molecule has 6 nitrogen and oxygen atoms in total. The van der Waals surface area contributed by atoms with Gasteiger partial charge in [0.15, 0.2) is 6.10 Å². The van der Waals surface area contributed by atoms with Gasteiger partial charge in [-0.25, -0.2) is 0 Å². The summed E-state index contributed by atoms with van der Waals surface area (Å²) in [5.41, 5.74) is 0. The molecule has 0 saturated carbocycles. The van der Waals surface area contributed by atoms with E-state index in [9.17, 15) is 14.4 Å². The van der Waals surface area contributed by atoms with Crippen molar-refractivity contribution in [2.45, 2.75) is 252 Å². The molecule has 366 valence electrons. The lowest BCUT2D eigenvalue weighted by Crippen LogP contribution is -2.30. The van der Waals surface area contributed by atoms with Crippen LogP contribution in [0.15, 0.2) is 85.1 Å². The monoisotopic (exact) mass is 891 g/mol. The van der Waals surface area contributed by atoms with Gasteiger partial charge in [0.05, 0.1) is 0 Å². The lowest BCUT2D eigenvalue weighted by molar-refractivity contribution is -0.167. The molecular formula is C58H98O6. The Morgan fingerprint density at radius 1 is 0.344 bits per heavy atom. The Morgan fingerprint density at radius 2 is 0.672 bits per heavy atom. The van der Waals surface area contributed by atoms with Crippen molar-refractivity contribution in [3.8, 4) is 0 Å². The van der Waals surface area contributed by atoms with Crippen LogP contribution in [0, 0.1) is 0 Å². The van der Waals surface area contributed by atoms with Crippen molar-refractivity contribution in [2.75, 3.05) is 13.2 Å². The van der Waals surface area contributed by atoms with Crippen LogP contribution in [0.25, 0.3) is 0 Å². The van der Waals surface area contributed by atoms with Gasteiger partial charge in [-0.1, -0.05) is 215 Å². The molecule has 0 aliphatic carbocycles. The average molecular weight is 891 g/mol. The van der Waals surface area contributed by atoms with Gasteiger partial charge in [0.1, 0.15) is 13.2 Å². The highest BCUT2D eigenvalue weighted by Gasteiger charge is 2.19. The minimum atomic E-state index is -0.797. The zero-order valence-electron chi connectivity index (χ0n) is 41.8. The maximum Gasteiger partial charge on any atom is 0.306 e. The highest BCUT2D eigenvalue weighted by Crippen LogP contribution is 2.14. The summed E-state index contributed by atoms with van der Waals surface area (Å²) in [6.45, 7) is 6.45. The first-order chi connectivity index (χ1) is 31.5. The normalized spacial score (nSPS) is 12.7. The van der Waals surface area contributed by atoms with Crippen molar-refractivity contribution < 1.29 is 28.6 Å². The van der Waals surface area contributed by atoms with Gasteiger partial charge in [0.2, 0.25) is 0 Å². The van der Waals surface area contributed by atoms with Crippen molar-refractivity contribution in [3.05, 3.63) is 85.1 Å². The lowest BCUT2D eigenvalue weighted by Gasteiger charge is -2.18. The Hall–Kier alpha value is -3.41. The van der Waals surface area contributed by atoms with E-state index in [1.54, 1.807) is 0 Å². The second-order valence-corrected chi connectivity index (χ2v) is 17.5. The van der Waals surface area contributed by atoms with Gasteiger partial charge < -0.3 is 14.2 Å². The van der Waals surface area contributed by atoms with E-state index >= 15 is 0 Å². The topological polar surface area (TPSA) is 78.9 Å². The Bertz CT molecular complexity index is 1250. The summed E-state index contributed by atoms with van der Waals surface area (Å²) in [6, 6.07) is 0. The molecule has 0 bridgehead atoms. The predicted molar refractivity (Wildman–Crippen MR) is 274 cm³/mol. The molecule has 0 aromatic rings. The Balaban J connectivity index is 4.46. The van der Waals surface area contributed by atoms with E-state index in [-0.39, 0.29) is 31.1 Å². The van der Waals surface area contributed by atoms with E-state index in [4.69, 9.17) is 14.2 Å². The number of ether oxygens (including phenoxy) is 3. The molecule has 64 heavy (non-hydrogen) atoms. The fraction of sp³-hybridized carbons (Fsp3) is 0.707. The standard InChI is InChI=1S/C58H98O6/c1-4-7-10-13-16-19-22-25-28-29-30-31-34-36-39-42-45-48-51-57(60)63-54-55(64-58(61)52-49-46-43-40-37-33-27-24-21-18-15-12-9-6-3)53-62-56(59)50-47-44-41-38-35-32-26-23-20-17-14-11-8-5-2/h9,12,16,18-19,21-22,25,28-32,35,55H,4-8,10-11,13-15,17,20,23-24,26-27,33-34,36-54H2,1-3H3/b12-9-,19-16-,21-18-,25-22-,29-28-,31-30-,35-32-. The van der Waals surface area contributed by atoms with Crippen LogP contribution < -0.4 is 0 Å². The van der Waals surface area contributed by atoms with E-state index in [0.29, 0.717) is 19.3 Å². The van der Waals surface area contributed by atoms with Crippen molar-refractivity contribution in [1.29, 1.82) is 0 Å². The average Bonchev–Trinajstić information content (AvgIpc) is 3.29. The zero-order valence-corrected chi connectivity index (χ0v) is 41.8. The maximum absolute atomic E-state index is 12.8. The third-order valence-corrected chi connectivity index (χ3v) is 11.2. The number of esters is 3. The Kier molecular flexibility index (Phi) is 49.4. The third kappa shape index (κ3) is 49.6. The first-order valence-corrected chi connectivity index (χ1v) is 26.6. The van der Waals surface area contributed by atoms with E-state index < -0.39 is 6.10 Å². The molecule has 1 atom stereocenters. The van der Waals surface area contributed by atoms with Crippen molar-refractivity contribution in [3.63, 3.8) is 0 Å². The van der Waals surface area contributed by atoms with Crippen LogP contribution in [0.4, 0.5) is 0 Å². The highest BCUT2D eigenvalue weighted by atomic mass is 16.6. The SMILES string of the molecule is CC/C=C\C/C=C\CCCCCCCCCC(=O)OC(COC(=O)CCCCC/C=C\CCCCCCCCC)COC(=O)CCCCCCC\C=C/C=C\C=C/C=C\CCCCC. The van der Waals surface area contributed by atoms with Crippen LogP contribution in [-0.4, -0.2) is 37.2 Å². The number of carbonyl (C=O) groups is 3. The first kappa shape index (κ1) is 60.6. The van der Waals surface area contributed by atoms with Gasteiger partial charge in [-0.05, 0) is 96.3 Å². The smallest absolute Gasteiger partial charge is 0.306 e. The van der Waals surface area contributed by atoms with E-state index in [2.05, 4.69) is 106 Å². The molecule has 0 aromatic heterocycles. The minimum absolute atomic E-state index is 0.0959. The maximum atomic E-state index is 12.8. The van der Waals surface area contributed by atoms with E-state index in [1.807, 2.05) is 0 Å². The largest absolute Gasteiger partial charge is 0.462 e. The van der Waals surface area contributed by atoms with Crippen LogP contribution in [-0.2, 0) is 28.6 Å². The number of unbranched alkanes of at least 4 members (excludes halogenated alkanes) is 25. The molecule has 1 unspecified atom stereocenters. The van der Waals surface area contributed by atoms with Crippen LogP contribution >= 0.6 is 0 Å². The summed E-state index contributed by atoms with van der Waals surface area (Å²) in [4.78, 5) is 38.0. The summed E-state index contributed by atoms with van der Waals surface area (Å²) in [7, 11) is 0. The summed E-state index contributed by atoms with van der Waals surface area (Å²) in [6.07, 6.45) is 67.0. The lowest BCUT2D eigenvalue weighted by atomic mass is 10.1. The number of rotatable bonds is 47. The molecular weight excluding hydrogens is 793 g/mol. The molecule has 0 spiro atoms. The summed E-state index contributed by atoms with van der Waals surface area (Å²) >= 11 is 0. The van der Waals surface area contributed by atoms with Gasteiger partial charge in [0.25, 0.3) is 0 Å². The number of allylic oxidation sites excluding steroid dienone is 14. The molecule has 0 aromatic carbocycles. The van der Waals surface area contributed by atoms with Crippen LogP contribution in [0.5, 0.6) is 0 Å². The molecule has 0 saturated heterocycles. The second kappa shape index (κ2) is 52.2. The van der Waals surface area contributed by atoms with Gasteiger partial charge in [0, 0.05) is 19.3 Å². The Morgan fingerprint density at radius 3 is 1.14 bits per heavy atom. The third-order valence-electron chi connectivity index (χ3n) is 11.2. The Labute approximate surface area is 395 Å². The molecule has 0 rings (SSSR count). The zero-order chi connectivity index (χ0) is 46.5. The van der Waals surface area contributed by atoms with Crippen molar-refractivity contribution in [2.24, 2.45) is 0 Å². The summed E-state index contributed by atoms with van der Waals surface area (Å²) < 4.78 is 16.8. The summed E-state index contributed by atoms with van der Waals surface area (Å²) in [5, 5.41) is 0.